The molecule has 0 aromatic heterocycles. The number of fused-ring (bicyclic) bond motifs is 1. The Morgan fingerprint density at radius 2 is 1.73 bits per heavy atom. The van der Waals surface area contributed by atoms with E-state index >= 15 is 0 Å². The van der Waals surface area contributed by atoms with Crippen molar-refractivity contribution in [2.45, 2.75) is 6.61 Å². The van der Waals surface area contributed by atoms with E-state index in [1.54, 1.807) is 0 Å². The lowest BCUT2D eigenvalue weighted by Crippen LogP contribution is -2.11. The molecular weight excluding hydrogens is 311 g/mol. The molecule has 0 radical (unpaired) electrons. The zero-order valence-corrected chi connectivity index (χ0v) is 12.4. The Bertz CT molecular complexity index is 694. The fraction of sp³-hybridized carbons (Fsp3) is 0.214. The minimum absolute atomic E-state index is 0.0447. The maximum atomic E-state index is 11.3. The van der Waals surface area contributed by atoms with Crippen LogP contribution in [0.3, 0.4) is 0 Å². The quantitative estimate of drug-likeness (QED) is 0.478. The molecule has 0 atom stereocenters. The predicted molar refractivity (Wildman–Crippen MR) is 78.1 cm³/mol. The minimum atomic E-state index is -4.54. The molecule has 8 heteroatoms. The van der Waals surface area contributed by atoms with Crippen molar-refractivity contribution < 1.29 is 33.1 Å². The molecule has 7 nitrogen and oxygen atoms in total. The van der Waals surface area contributed by atoms with E-state index < -0.39 is 20.6 Å². The summed E-state index contributed by atoms with van der Waals surface area (Å²) in [5.74, 6) is 0. The van der Waals surface area contributed by atoms with Gasteiger partial charge in [0, 0.05) is 0 Å². The predicted octanol–water partition coefficient (Wildman–Crippen LogP) is 2.60. The van der Waals surface area contributed by atoms with E-state index in [0.29, 0.717) is 0 Å². The summed E-state index contributed by atoms with van der Waals surface area (Å²) in [4.78, 5) is 28.2. The van der Waals surface area contributed by atoms with E-state index in [0.717, 1.165) is 16.3 Å². The molecule has 0 bridgehead atoms. The second kappa shape index (κ2) is 7.38. The van der Waals surface area contributed by atoms with E-state index in [1.807, 2.05) is 42.5 Å². The van der Waals surface area contributed by atoms with Crippen LogP contribution in [0.2, 0.25) is 0 Å². The van der Waals surface area contributed by atoms with Gasteiger partial charge >= 0.3 is 14.0 Å². The molecule has 0 unspecified atom stereocenters. The summed E-state index contributed by atoms with van der Waals surface area (Å²) in [6.45, 7) is -0.667. The number of carbonyl (C=O) groups excluding carboxylic acids is 1. The lowest BCUT2D eigenvalue weighted by Gasteiger charge is -2.08. The number of hydrogen-bond acceptors (Lipinski definition) is 5. The van der Waals surface area contributed by atoms with Crippen molar-refractivity contribution in [3.8, 4) is 0 Å². The van der Waals surface area contributed by atoms with E-state index in [9.17, 15) is 9.36 Å². The third kappa shape index (κ3) is 5.46. The highest BCUT2D eigenvalue weighted by atomic mass is 31.2. The summed E-state index contributed by atoms with van der Waals surface area (Å²) >= 11 is 0. The van der Waals surface area contributed by atoms with Gasteiger partial charge in [-0.15, -0.1) is 0 Å². The van der Waals surface area contributed by atoms with Gasteiger partial charge in [0.1, 0.15) is 13.2 Å². The van der Waals surface area contributed by atoms with E-state index in [1.165, 1.54) is 0 Å². The number of phosphoric ester groups is 1. The maximum absolute atomic E-state index is 11.3. The normalized spacial score (nSPS) is 11.4. The van der Waals surface area contributed by atoms with Gasteiger partial charge in [-0.05, 0) is 22.4 Å². The molecule has 118 valence electrons. The molecule has 0 aliphatic heterocycles. The first-order valence-corrected chi connectivity index (χ1v) is 7.94. The van der Waals surface area contributed by atoms with Gasteiger partial charge in [-0.25, -0.2) is 9.36 Å². The van der Waals surface area contributed by atoms with Gasteiger partial charge in [0.05, 0.1) is 6.61 Å². The smallest absolute Gasteiger partial charge is 0.432 e. The van der Waals surface area contributed by atoms with Crippen LogP contribution >= 0.6 is 7.82 Å². The van der Waals surface area contributed by atoms with Crippen LogP contribution in [0.1, 0.15) is 5.56 Å². The minimum Gasteiger partial charge on any atom is -0.432 e. The van der Waals surface area contributed by atoms with Gasteiger partial charge in [0.25, 0.3) is 0 Å². The first kappa shape index (κ1) is 16.5. The first-order chi connectivity index (χ1) is 10.4. The Hall–Kier alpha value is -1.92. The van der Waals surface area contributed by atoms with Crippen molar-refractivity contribution in [3.63, 3.8) is 0 Å². The summed E-state index contributed by atoms with van der Waals surface area (Å²) in [6, 6.07) is 13.5. The van der Waals surface area contributed by atoms with Crippen molar-refractivity contribution in [3.05, 3.63) is 48.0 Å². The third-order valence-corrected chi connectivity index (χ3v) is 3.25. The molecule has 0 saturated carbocycles. The largest absolute Gasteiger partial charge is 0.508 e. The fourth-order valence-corrected chi connectivity index (χ4v) is 2.11. The van der Waals surface area contributed by atoms with Gasteiger partial charge in [-0.3, -0.25) is 4.52 Å². The van der Waals surface area contributed by atoms with Crippen molar-refractivity contribution in [1.82, 2.24) is 0 Å². The molecule has 0 heterocycles. The summed E-state index contributed by atoms with van der Waals surface area (Å²) in [6.07, 6.45) is -0.928. The van der Waals surface area contributed by atoms with E-state index in [4.69, 9.17) is 14.5 Å². The van der Waals surface area contributed by atoms with E-state index in [2.05, 4.69) is 9.26 Å². The van der Waals surface area contributed by atoms with Crippen molar-refractivity contribution in [1.29, 1.82) is 0 Å². The molecule has 0 spiro atoms. The summed E-state index contributed by atoms with van der Waals surface area (Å²) in [5.41, 5.74) is 0.808. The van der Waals surface area contributed by atoms with Gasteiger partial charge in [-0.1, -0.05) is 36.4 Å². The topological polar surface area (TPSA) is 102 Å². The van der Waals surface area contributed by atoms with Crippen molar-refractivity contribution >= 4 is 24.8 Å². The summed E-state index contributed by atoms with van der Waals surface area (Å²) in [7, 11) is -4.54. The number of ether oxygens (including phenoxy) is 2. The third-order valence-electron chi connectivity index (χ3n) is 2.73. The summed E-state index contributed by atoms with van der Waals surface area (Å²) in [5, 5.41) is 2.12. The molecule has 0 amide bonds. The molecule has 0 fully saturated rings. The molecule has 22 heavy (non-hydrogen) atoms. The molecule has 2 aromatic carbocycles. The number of phosphoric acid groups is 1. The number of hydrogen-bond donors (Lipinski definition) is 2. The van der Waals surface area contributed by atoms with Crippen molar-refractivity contribution in [2.75, 3.05) is 13.2 Å². The number of rotatable bonds is 6. The zero-order valence-electron chi connectivity index (χ0n) is 11.5. The SMILES string of the molecule is O=C(OCCOP(=O)(O)O)OCc1ccc2ccccc2c1. The van der Waals surface area contributed by atoms with Gasteiger partial charge in [0.15, 0.2) is 0 Å². The van der Waals surface area contributed by atoms with Crippen LogP contribution in [0.25, 0.3) is 10.8 Å². The van der Waals surface area contributed by atoms with Crippen LogP contribution in [0.5, 0.6) is 0 Å². The fourth-order valence-electron chi connectivity index (χ4n) is 1.79. The number of carbonyl (C=O) groups is 1. The molecule has 0 aliphatic rings. The Kier molecular flexibility index (Phi) is 5.51. The highest BCUT2D eigenvalue weighted by Gasteiger charge is 2.13. The van der Waals surface area contributed by atoms with E-state index in [-0.39, 0.29) is 13.2 Å². The van der Waals surface area contributed by atoms with Gasteiger partial charge in [0.2, 0.25) is 0 Å². The first-order valence-electron chi connectivity index (χ1n) is 6.41. The van der Waals surface area contributed by atoms with Gasteiger partial charge in [-0.2, -0.15) is 0 Å². The Labute approximate surface area is 126 Å². The average molecular weight is 326 g/mol. The Morgan fingerprint density at radius 3 is 2.45 bits per heavy atom. The van der Waals surface area contributed by atoms with Crippen LogP contribution in [0, 0.1) is 0 Å². The lowest BCUT2D eigenvalue weighted by atomic mass is 10.1. The monoisotopic (exact) mass is 326 g/mol. The second-order valence-electron chi connectivity index (χ2n) is 4.39. The molecule has 2 aromatic rings. The van der Waals surface area contributed by atoms with Crippen LogP contribution in [0.4, 0.5) is 4.79 Å². The molecule has 2 rings (SSSR count). The standard InChI is InChI=1S/C14H15O7P/c15-14(19-7-8-21-22(16,17)18)20-10-11-5-6-12-3-1-2-4-13(12)9-11/h1-6,9H,7-8,10H2,(H2,16,17,18). The van der Waals surface area contributed by atoms with Crippen LogP contribution in [-0.4, -0.2) is 29.2 Å². The van der Waals surface area contributed by atoms with Crippen LogP contribution in [0.15, 0.2) is 42.5 Å². The highest BCUT2D eigenvalue weighted by molar-refractivity contribution is 7.46. The molecule has 0 aliphatic carbocycles. The Balaban J connectivity index is 1.76. The van der Waals surface area contributed by atoms with Gasteiger partial charge < -0.3 is 19.3 Å². The van der Waals surface area contributed by atoms with Crippen LogP contribution in [-0.2, 0) is 25.2 Å². The second-order valence-corrected chi connectivity index (χ2v) is 5.63. The van der Waals surface area contributed by atoms with Crippen LogP contribution < -0.4 is 0 Å². The Morgan fingerprint density at radius 1 is 1.00 bits per heavy atom. The zero-order chi connectivity index (χ0) is 16.0. The molecular formula is C14H15O7P. The highest BCUT2D eigenvalue weighted by Crippen LogP contribution is 2.35. The molecule has 2 N–H and O–H groups in total. The lowest BCUT2D eigenvalue weighted by molar-refractivity contribution is 0.0377. The van der Waals surface area contributed by atoms with Crippen molar-refractivity contribution in [2.24, 2.45) is 0 Å². The number of benzene rings is 2. The average Bonchev–Trinajstić information content (AvgIpc) is 2.48. The maximum Gasteiger partial charge on any atom is 0.508 e. The summed E-state index contributed by atoms with van der Waals surface area (Å²) < 4.78 is 24.0. The molecule has 0 saturated heterocycles.